The van der Waals surface area contributed by atoms with Crippen LogP contribution in [0.4, 0.5) is 0 Å². The monoisotopic (exact) mass is 221 g/mol. The molecule has 0 saturated heterocycles. The van der Waals surface area contributed by atoms with Gasteiger partial charge in [0.05, 0.1) is 12.5 Å². The van der Waals surface area contributed by atoms with Gasteiger partial charge in [-0.15, -0.1) is 12.4 Å². The molecule has 0 bridgehead atoms. The van der Waals surface area contributed by atoms with E-state index in [2.05, 4.69) is 6.92 Å². The van der Waals surface area contributed by atoms with Crippen molar-refractivity contribution in [1.29, 1.82) is 0 Å². The minimum absolute atomic E-state index is 0. The lowest BCUT2D eigenvalue weighted by atomic mass is 9.78. The smallest absolute Gasteiger partial charge is 0.309 e. The van der Waals surface area contributed by atoms with Gasteiger partial charge >= 0.3 is 5.97 Å². The van der Waals surface area contributed by atoms with Crippen LogP contribution in [0.25, 0.3) is 0 Å². The maximum absolute atomic E-state index is 11.5. The van der Waals surface area contributed by atoms with E-state index in [1.165, 1.54) is 0 Å². The van der Waals surface area contributed by atoms with Gasteiger partial charge in [-0.3, -0.25) is 4.79 Å². The van der Waals surface area contributed by atoms with Crippen molar-refractivity contribution in [2.75, 3.05) is 6.61 Å². The van der Waals surface area contributed by atoms with Crippen molar-refractivity contribution in [1.82, 2.24) is 0 Å². The average molecular weight is 222 g/mol. The standard InChI is InChI=1S/C10H19NO2.ClH/c1-3-13-10(12)9-5-4-8(11)6-7(9)2;/h7-9H,3-6,11H2,1-2H3;1H/t7-,8-,9-;/m0./s1. The summed E-state index contributed by atoms with van der Waals surface area (Å²) < 4.78 is 5.01. The molecule has 0 unspecified atom stereocenters. The molecule has 14 heavy (non-hydrogen) atoms. The van der Waals surface area contributed by atoms with E-state index in [1.54, 1.807) is 0 Å². The number of esters is 1. The molecule has 1 aliphatic rings. The van der Waals surface area contributed by atoms with E-state index in [1.807, 2.05) is 6.92 Å². The summed E-state index contributed by atoms with van der Waals surface area (Å²) in [7, 11) is 0. The van der Waals surface area contributed by atoms with E-state index >= 15 is 0 Å². The zero-order chi connectivity index (χ0) is 9.84. The molecule has 0 amide bonds. The lowest BCUT2D eigenvalue weighted by Gasteiger charge is -2.30. The van der Waals surface area contributed by atoms with Gasteiger partial charge in [-0.25, -0.2) is 0 Å². The van der Waals surface area contributed by atoms with Gasteiger partial charge in [0.1, 0.15) is 0 Å². The highest BCUT2D eigenvalue weighted by atomic mass is 35.5. The number of carbonyl (C=O) groups excluding carboxylic acids is 1. The number of rotatable bonds is 2. The first kappa shape index (κ1) is 13.7. The summed E-state index contributed by atoms with van der Waals surface area (Å²) in [6, 6.07) is 0.278. The lowest BCUT2D eigenvalue weighted by molar-refractivity contribution is -0.151. The number of nitrogens with two attached hydrogens (primary N) is 1. The fourth-order valence-electron chi connectivity index (χ4n) is 2.04. The van der Waals surface area contributed by atoms with Gasteiger partial charge in [0.25, 0.3) is 0 Å². The molecule has 0 aromatic rings. The molecule has 0 spiro atoms. The van der Waals surface area contributed by atoms with Gasteiger partial charge in [0.2, 0.25) is 0 Å². The molecule has 2 N–H and O–H groups in total. The molecule has 1 saturated carbocycles. The summed E-state index contributed by atoms with van der Waals surface area (Å²) in [5.41, 5.74) is 5.81. The summed E-state index contributed by atoms with van der Waals surface area (Å²) in [5.74, 6) is 0.421. The van der Waals surface area contributed by atoms with Crippen LogP contribution in [0, 0.1) is 11.8 Å². The van der Waals surface area contributed by atoms with Crippen molar-refractivity contribution in [2.24, 2.45) is 17.6 Å². The van der Waals surface area contributed by atoms with E-state index in [0.29, 0.717) is 12.5 Å². The first-order chi connectivity index (χ1) is 6.15. The minimum Gasteiger partial charge on any atom is -0.466 e. The predicted octanol–water partition coefficient (Wildman–Crippen LogP) is 1.73. The molecule has 1 fully saturated rings. The third kappa shape index (κ3) is 3.46. The van der Waals surface area contributed by atoms with Gasteiger partial charge in [0.15, 0.2) is 0 Å². The van der Waals surface area contributed by atoms with Crippen molar-refractivity contribution in [3.05, 3.63) is 0 Å². The zero-order valence-electron chi connectivity index (χ0n) is 8.86. The maximum Gasteiger partial charge on any atom is 0.309 e. The van der Waals surface area contributed by atoms with Crippen LogP contribution in [0.2, 0.25) is 0 Å². The van der Waals surface area contributed by atoms with Crippen molar-refractivity contribution in [3.8, 4) is 0 Å². The summed E-state index contributed by atoms with van der Waals surface area (Å²) in [6.45, 7) is 4.41. The number of carbonyl (C=O) groups is 1. The zero-order valence-corrected chi connectivity index (χ0v) is 9.68. The molecule has 84 valence electrons. The van der Waals surface area contributed by atoms with Crippen LogP contribution >= 0.6 is 12.4 Å². The first-order valence-corrected chi connectivity index (χ1v) is 5.07. The van der Waals surface area contributed by atoms with Crippen LogP contribution in [0.15, 0.2) is 0 Å². The molecule has 1 rings (SSSR count). The third-order valence-corrected chi connectivity index (χ3v) is 2.80. The quantitative estimate of drug-likeness (QED) is 0.723. The van der Waals surface area contributed by atoms with Crippen LogP contribution in [-0.4, -0.2) is 18.6 Å². The highest BCUT2D eigenvalue weighted by Gasteiger charge is 2.31. The number of ether oxygens (including phenoxy) is 1. The third-order valence-electron chi connectivity index (χ3n) is 2.80. The SMILES string of the molecule is CCOC(=O)[C@H]1CC[C@H](N)C[C@@H]1C.Cl. The van der Waals surface area contributed by atoms with E-state index < -0.39 is 0 Å². The van der Waals surface area contributed by atoms with Crippen molar-refractivity contribution in [2.45, 2.75) is 39.2 Å². The van der Waals surface area contributed by atoms with Crippen LogP contribution in [0.5, 0.6) is 0 Å². The first-order valence-electron chi connectivity index (χ1n) is 5.07. The number of hydrogen-bond donors (Lipinski definition) is 1. The topological polar surface area (TPSA) is 52.3 Å². The molecule has 0 aliphatic heterocycles. The fourth-order valence-corrected chi connectivity index (χ4v) is 2.04. The lowest BCUT2D eigenvalue weighted by Crippen LogP contribution is -2.36. The van der Waals surface area contributed by atoms with E-state index in [9.17, 15) is 4.79 Å². The van der Waals surface area contributed by atoms with Gasteiger partial charge in [0, 0.05) is 6.04 Å². The molecular weight excluding hydrogens is 202 g/mol. The van der Waals surface area contributed by atoms with E-state index in [-0.39, 0.29) is 30.3 Å². The highest BCUT2D eigenvalue weighted by Crippen LogP contribution is 2.29. The molecule has 3 nitrogen and oxygen atoms in total. The molecular formula is C10H20ClNO2. The molecule has 0 radical (unpaired) electrons. The largest absolute Gasteiger partial charge is 0.466 e. The van der Waals surface area contributed by atoms with Crippen LogP contribution in [0.1, 0.15) is 33.1 Å². The van der Waals surface area contributed by atoms with Gasteiger partial charge in [-0.2, -0.15) is 0 Å². The maximum atomic E-state index is 11.5. The second kappa shape index (κ2) is 6.25. The van der Waals surface area contributed by atoms with Crippen molar-refractivity contribution >= 4 is 18.4 Å². The summed E-state index contributed by atoms with van der Waals surface area (Å²) in [4.78, 5) is 11.5. The van der Waals surface area contributed by atoms with Gasteiger partial charge < -0.3 is 10.5 Å². The Bertz CT molecular complexity index is 187. The summed E-state index contributed by atoms with van der Waals surface area (Å²) in [6.07, 6.45) is 2.79. The van der Waals surface area contributed by atoms with E-state index in [4.69, 9.17) is 10.5 Å². The van der Waals surface area contributed by atoms with Crippen molar-refractivity contribution < 1.29 is 9.53 Å². The Labute approximate surface area is 91.8 Å². The Kier molecular flexibility index (Phi) is 6.12. The average Bonchev–Trinajstić information content (AvgIpc) is 2.04. The second-order valence-corrected chi connectivity index (χ2v) is 3.91. The molecule has 4 heteroatoms. The fraction of sp³-hybridized carbons (Fsp3) is 0.900. The Morgan fingerprint density at radius 3 is 2.64 bits per heavy atom. The van der Waals surface area contributed by atoms with Gasteiger partial charge in [-0.1, -0.05) is 6.92 Å². The predicted molar refractivity (Wildman–Crippen MR) is 58.4 cm³/mol. The molecule has 3 atom stereocenters. The number of hydrogen-bond acceptors (Lipinski definition) is 3. The Morgan fingerprint density at radius 1 is 1.50 bits per heavy atom. The Hall–Kier alpha value is -0.280. The minimum atomic E-state index is -0.0399. The summed E-state index contributed by atoms with van der Waals surface area (Å²) >= 11 is 0. The summed E-state index contributed by atoms with van der Waals surface area (Å²) in [5, 5.41) is 0. The van der Waals surface area contributed by atoms with Crippen molar-refractivity contribution in [3.63, 3.8) is 0 Å². The molecule has 0 aromatic heterocycles. The molecule has 1 aliphatic carbocycles. The normalized spacial score (nSPS) is 31.8. The second-order valence-electron chi connectivity index (χ2n) is 3.91. The Morgan fingerprint density at radius 2 is 2.14 bits per heavy atom. The van der Waals surface area contributed by atoms with Crippen LogP contribution in [-0.2, 0) is 9.53 Å². The van der Waals surface area contributed by atoms with Crippen LogP contribution < -0.4 is 5.73 Å². The van der Waals surface area contributed by atoms with E-state index in [0.717, 1.165) is 19.3 Å². The number of halogens is 1. The van der Waals surface area contributed by atoms with Crippen LogP contribution in [0.3, 0.4) is 0 Å². The van der Waals surface area contributed by atoms with Gasteiger partial charge in [-0.05, 0) is 32.1 Å². The Balaban J connectivity index is 0.00000169. The molecule has 0 aromatic carbocycles. The highest BCUT2D eigenvalue weighted by molar-refractivity contribution is 5.85. The molecule has 0 heterocycles.